The van der Waals surface area contributed by atoms with E-state index in [9.17, 15) is 0 Å². The Morgan fingerprint density at radius 1 is 0.808 bits per heavy atom. The summed E-state index contributed by atoms with van der Waals surface area (Å²) in [4.78, 5) is 0. The van der Waals surface area contributed by atoms with Gasteiger partial charge in [-0.1, -0.05) is 64.1 Å². The minimum Gasteiger partial charge on any atom is -0.460 e. The second-order valence-electron chi connectivity index (χ2n) is 8.61. The molecule has 0 saturated carbocycles. The van der Waals surface area contributed by atoms with Crippen molar-refractivity contribution in [3.05, 3.63) is 77.7 Å². The van der Waals surface area contributed by atoms with Crippen molar-refractivity contribution in [2.24, 2.45) is 0 Å². The van der Waals surface area contributed by atoms with Gasteiger partial charge >= 0.3 is 0 Å². The van der Waals surface area contributed by atoms with Gasteiger partial charge in [-0.25, -0.2) is 0 Å². The summed E-state index contributed by atoms with van der Waals surface area (Å²) in [5.41, 5.74) is 3.51. The Morgan fingerprint density at radius 3 is 1.69 bits per heavy atom. The van der Waals surface area contributed by atoms with Gasteiger partial charge in [-0.15, -0.1) is 0 Å². The van der Waals surface area contributed by atoms with Crippen molar-refractivity contribution in [2.45, 2.75) is 65.4 Å². The van der Waals surface area contributed by atoms with E-state index >= 15 is 0 Å². The van der Waals surface area contributed by atoms with Crippen LogP contribution in [0, 0.1) is 0 Å². The molecule has 2 nitrogen and oxygen atoms in total. The minimum absolute atomic E-state index is 0.0764. The molecule has 140 valence electrons. The molecule has 2 rings (SSSR count). The summed E-state index contributed by atoms with van der Waals surface area (Å²) in [6, 6.07) is 17.1. The molecule has 0 saturated heterocycles. The standard InChI is InChI=1S/C24H32O2/c1-17(2)19-9-11-20(12-10-19)24(7,8)21-13-15-22(16-14-21)25-18(3)26-23(4,5)6/h9-17H,3H2,1-2,4-8H3. The summed E-state index contributed by atoms with van der Waals surface area (Å²) >= 11 is 0. The lowest BCUT2D eigenvalue weighted by Crippen LogP contribution is -2.20. The number of hydrogen-bond donors (Lipinski definition) is 0. The van der Waals surface area contributed by atoms with Crippen LogP contribution in [-0.2, 0) is 10.2 Å². The van der Waals surface area contributed by atoms with Gasteiger partial charge in [0.1, 0.15) is 11.4 Å². The highest BCUT2D eigenvalue weighted by atomic mass is 16.7. The maximum atomic E-state index is 5.69. The molecule has 0 atom stereocenters. The van der Waals surface area contributed by atoms with Crippen LogP contribution >= 0.6 is 0 Å². The molecule has 0 unspecified atom stereocenters. The van der Waals surface area contributed by atoms with Crippen molar-refractivity contribution < 1.29 is 9.47 Å². The third-order valence-corrected chi connectivity index (χ3v) is 4.53. The molecule has 0 aliphatic heterocycles. The first-order valence-corrected chi connectivity index (χ1v) is 9.26. The van der Waals surface area contributed by atoms with Crippen LogP contribution in [0.3, 0.4) is 0 Å². The van der Waals surface area contributed by atoms with Crippen LogP contribution in [0.25, 0.3) is 0 Å². The monoisotopic (exact) mass is 352 g/mol. The lowest BCUT2D eigenvalue weighted by Gasteiger charge is -2.27. The molecular formula is C24H32O2. The summed E-state index contributed by atoms with van der Waals surface area (Å²) in [6.07, 6.45) is 0. The maximum Gasteiger partial charge on any atom is 0.277 e. The fourth-order valence-electron chi connectivity index (χ4n) is 2.88. The van der Waals surface area contributed by atoms with Crippen LogP contribution < -0.4 is 4.74 Å². The van der Waals surface area contributed by atoms with Crippen molar-refractivity contribution >= 4 is 0 Å². The Hall–Kier alpha value is -2.22. The smallest absolute Gasteiger partial charge is 0.277 e. The molecule has 2 heteroatoms. The van der Waals surface area contributed by atoms with E-state index in [2.05, 4.69) is 70.7 Å². The Labute approximate surface area is 158 Å². The average Bonchev–Trinajstić information content (AvgIpc) is 2.53. The average molecular weight is 353 g/mol. The van der Waals surface area contributed by atoms with Gasteiger partial charge in [0.2, 0.25) is 0 Å². The molecule has 0 N–H and O–H groups in total. The van der Waals surface area contributed by atoms with Gasteiger partial charge in [-0.05, 0) is 62.1 Å². The largest absolute Gasteiger partial charge is 0.460 e. The van der Waals surface area contributed by atoms with E-state index in [-0.39, 0.29) is 11.0 Å². The van der Waals surface area contributed by atoms with Crippen LogP contribution in [0.1, 0.15) is 71.1 Å². The first-order chi connectivity index (χ1) is 12.0. The van der Waals surface area contributed by atoms with Crippen molar-refractivity contribution in [1.29, 1.82) is 0 Å². The molecule has 0 amide bonds. The van der Waals surface area contributed by atoms with Crippen LogP contribution in [0.2, 0.25) is 0 Å². The summed E-state index contributed by atoms with van der Waals surface area (Å²) in [5, 5.41) is 0. The second-order valence-corrected chi connectivity index (χ2v) is 8.61. The van der Waals surface area contributed by atoms with E-state index in [1.54, 1.807) is 0 Å². The SMILES string of the molecule is C=C(Oc1ccc(C(C)(C)c2ccc(C(C)C)cc2)cc1)OC(C)(C)C. The van der Waals surface area contributed by atoms with Gasteiger partial charge in [0.15, 0.2) is 0 Å². The zero-order valence-corrected chi connectivity index (χ0v) is 17.2. The molecule has 0 fully saturated rings. The maximum absolute atomic E-state index is 5.69. The van der Waals surface area contributed by atoms with Gasteiger partial charge in [0, 0.05) is 5.41 Å². The molecule has 26 heavy (non-hydrogen) atoms. The Bertz CT molecular complexity index is 729. The van der Waals surface area contributed by atoms with Gasteiger partial charge in [0.25, 0.3) is 5.95 Å². The number of ether oxygens (including phenoxy) is 2. The van der Waals surface area contributed by atoms with E-state index in [1.165, 1.54) is 16.7 Å². The molecular weight excluding hydrogens is 320 g/mol. The van der Waals surface area contributed by atoms with Gasteiger partial charge in [-0.2, -0.15) is 0 Å². The van der Waals surface area contributed by atoms with Crippen molar-refractivity contribution in [1.82, 2.24) is 0 Å². The summed E-state index contributed by atoms with van der Waals surface area (Å²) < 4.78 is 11.3. The third kappa shape index (κ3) is 5.14. The minimum atomic E-state index is -0.318. The number of benzene rings is 2. The predicted molar refractivity (Wildman–Crippen MR) is 110 cm³/mol. The zero-order chi connectivity index (χ0) is 19.5. The predicted octanol–water partition coefficient (Wildman–Crippen LogP) is 6.80. The highest BCUT2D eigenvalue weighted by molar-refractivity contribution is 5.41. The van der Waals surface area contributed by atoms with Crippen molar-refractivity contribution in [3.8, 4) is 5.75 Å². The van der Waals surface area contributed by atoms with E-state index < -0.39 is 0 Å². The molecule has 0 aromatic heterocycles. The van der Waals surface area contributed by atoms with Crippen LogP contribution in [0.15, 0.2) is 61.1 Å². The summed E-state index contributed by atoms with van der Waals surface area (Å²) in [6.45, 7) is 18.7. The fraction of sp³-hybridized carbons (Fsp3) is 0.417. The van der Waals surface area contributed by atoms with Crippen LogP contribution in [0.5, 0.6) is 5.75 Å². The molecule has 0 aliphatic rings. The lowest BCUT2D eigenvalue weighted by atomic mass is 9.77. The zero-order valence-electron chi connectivity index (χ0n) is 17.2. The van der Waals surface area contributed by atoms with Crippen LogP contribution in [-0.4, -0.2) is 5.60 Å². The van der Waals surface area contributed by atoms with E-state index in [0.29, 0.717) is 11.9 Å². The lowest BCUT2D eigenvalue weighted by molar-refractivity contribution is -0.00446. The quantitative estimate of drug-likeness (QED) is 0.532. The van der Waals surface area contributed by atoms with Crippen LogP contribution in [0.4, 0.5) is 0 Å². The molecule has 2 aromatic rings. The summed E-state index contributed by atoms with van der Waals surface area (Å²) in [7, 11) is 0. The van der Waals surface area contributed by atoms with Gasteiger partial charge < -0.3 is 9.47 Å². The van der Waals surface area contributed by atoms with E-state index in [0.717, 1.165) is 5.75 Å². The fourth-order valence-corrected chi connectivity index (χ4v) is 2.88. The van der Waals surface area contributed by atoms with E-state index in [4.69, 9.17) is 9.47 Å². The van der Waals surface area contributed by atoms with E-state index in [1.807, 2.05) is 32.9 Å². The molecule has 0 spiro atoms. The van der Waals surface area contributed by atoms with Crippen molar-refractivity contribution in [2.75, 3.05) is 0 Å². The summed E-state index contributed by atoms with van der Waals surface area (Å²) in [5.74, 6) is 1.59. The van der Waals surface area contributed by atoms with Gasteiger partial charge in [-0.3, -0.25) is 0 Å². The Kier molecular flexibility index (Phi) is 5.85. The highest BCUT2D eigenvalue weighted by Gasteiger charge is 2.23. The molecule has 0 bridgehead atoms. The molecule has 0 heterocycles. The Balaban J connectivity index is 2.14. The first-order valence-electron chi connectivity index (χ1n) is 9.26. The molecule has 0 radical (unpaired) electrons. The van der Waals surface area contributed by atoms with Gasteiger partial charge in [0.05, 0.1) is 0 Å². The number of hydrogen-bond acceptors (Lipinski definition) is 2. The number of rotatable bonds is 6. The normalized spacial score (nSPS) is 12.2. The van der Waals surface area contributed by atoms with Crippen molar-refractivity contribution in [3.63, 3.8) is 0 Å². The second kappa shape index (κ2) is 7.57. The third-order valence-electron chi connectivity index (χ3n) is 4.53. The molecule has 2 aromatic carbocycles. The molecule has 0 aliphatic carbocycles. The highest BCUT2D eigenvalue weighted by Crippen LogP contribution is 2.33. The Morgan fingerprint density at radius 2 is 1.27 bits per heavy atom. The topological polar surface area (TPSA) is 18.5 Å². The first kappa shape index (κ1) is 20.1.